The summed E-state index contributed by atoms with van der Waals surface area (Å²) in [5.74, 6) is 1.97. The quantitative estimate of drug-likeness (QED) is 0.199. The van der Waals surface area contributed by atoms with Gasteiger partial charge in [-0.05, 0) is 31.2 Å². The minimum absolute atomic E-state index is 0. The van der Waals surface area contributed by atoms with Gasteiger partial charge in [0.1, 0.15) is 0 Å². The van der Waals surface area contributed by atoms with E-state index in [9.17, 15) is 0 Å². The third-order valence-corrected chi connectivity index (χ3v) is 5.11. The van der Waals surface area contributed by atoms with Crippen LogP contribution in [0, 0.1) is 6.92 Å². The number of benzene rings is 1. The molecule has 0 aliphatic rings. The molecule has 0 amide bonds. The van der Waals surface area contributed by atoms with Crippen molar-refractivity contribution in [1.82, 2.24) is 15.6 Å². The molecule has 1 aromatic carbocycles. The highest BCUT2D eigenvalue weighted by atomic mass is 127. The molecule has 0 radical (unpaired) electrons. The molecule has 0 unspecified atom stereocenters. The van der Waals surface area contributed by atoms with Crippen LogP contribution in [0.4, 0.5) is 0 Å². The monoisotopic (exact) mass is 476 g/mol. The highest BCUT2D eigenvalue weighted by Gasteiger charge is 2.00. The summed E-state index contributed by atoms with van der Waals surface area (Å²) < 4.78 is 0. The second kappa shape index (κ2) is 12.5. The average molecular weight is 476 g/mol. The maximum atomic E-state index is 4.46. The van der Waals surface area contributed by atoms with Gasteiger partial charge in [-0.15, -0.1) is 47.1 Å². The summed E-state index contributed by atoms with van der Waals surface area (Å²) in [6.07, 6.45) is 2.03. The van der Waals surface area contributed by atoms with Crippen LogP contribution in [-0.4, -0.2) is 36.8 Å². The number of thioether (sulfide) groups is 1. The van der Waals surface area contributed by atoms with Gasteiger partial charge in [0, 0.05) is 36.8 Å². The Labute approximate surface area is 170 Å². The number of hydrogen-bond donors (Lipinski definition) is 2. The molecule has 2 aromatic rings. The Morgan fingerprint density at radius 3 is 2.62 bits per heavy atom. The Balaban J connectivity index is 0.00000288. The summed E-state index contributed by atoms with van der Waals surface area (Å²) in [5.41, 5.74) is 1.15. The highest BCUT2D eigenvalue weighted by molar-refractivity contribution is 14.0. The summed E-state index contributed by atoms with van der Waals surface area (Å²) >= 11 is 3.59. The summed E-state index contributed by atoms with van der Waals surface area (Å²) in [6.45, 7) is 3.81. The molecule has 0 aliphatic heterocycles. The van der Waals surface area contributed by atoms with Crippen LogP contribution in [-0.2, 0) is 6.42 Å². The van der Waals surface area contributed by atoms with Crippen LogP contribution in [0.15, 0.2) is 45.6 Å². The lowest BCUT2D eigenvalue weighted by molar-refractivity contribution is 0.771. The van der Waals surface area contributed by atoms with Crippen molar-refractivity contribution in [2.24, 2.45) is 4.99 Å². The van der Waals surface area contributed by atoms with Crippen molar-refractivity contribution in [1.29, 1.82) is 0 Å². The summed E-state index contributed by atoms with van der Waals surface area (Å²) in [6, 6.07) is 10.5. The second-order valence-corrected chi connectivity index (χ2v) is 7.28. The molecule has 0 bridgehead atoms. The molecule has 1 heterocycles. The third-order valence-electron chi connectivity index (χ3n) is 3.19. The van der Waals surface area contributed by atoms with E-state index in [2.05, 4.69) is 50.3 Å². The van der Waals surface area contributed by atoms with Crippen LogP contribution in [0.25, 0.3) is 0 Å². The molecule has 0 aliphatic carbocycles. The van der Waals surface area contributed by atoms with Crippen LogP contribution in [0.5, 0.6) is 0 Å². The second-order valence-electron chi connectivity index (χ2n) is 5.05. The lowest BCUT2D eigenvalue weighted by atomic mass is 10.3. The smallest absolute Gasteiger partial charge is 0.190 e. The van der Waals surface area contributed by atoms with E-state index in [0.717, 1.165) is 48.3 Å². The zero-order valence-corrected chi connectivity index (χ0v) is 18.1. The zero-order valence-electron chi connectivity index (χ0n) is 14.1. The number of aromatic nitrogens is 1. The first-order valence-corrected chi connectivity index (χ1v) is 9.68. The summed E-state index contributed by atoms with van der Waals surface area (Å²) in [7, 11) is 1.81. The number of halogens is 1. The lowest BCUT2D eigenvalue weighted by Gasteiger charge is -2.11. The number of aliphatic imine (C=N–C) groups is 1. The molecule has 0 saturated carbocycles. The first-order chi connectivity index (χ1) is 11.3. The predicted octanol–water partition coefficient (Wildman–Crippen LogP) is 3.96. The molecular weight excluding hydrogens is 451 g/mol. The molecule has 0 atom stereocenters. The van der Waals surface area contributed by atoms with Crippen molar-refractivity contribution in [3.63, 3.8) is 0 Å². The number of hydrogen-bond acceptors (Lipinski definition) is 4. The fourth-order valence-corrected chi connectivity index (χ4v) is 3.56. The minimum atomic E-state index is 0. The van der Waals surface area contributed by atoms with Gasteiger partial charge in [0.15, 0.2) is 5.96 Å². The lowest BCUT2D eigenvalue weighted by Crippen LogP contribution is -2.38. The van der Waals surface area contributed by atoms with Gasteiger partial charge in [-0.3, -0.25) is 4.99 Å². The van der Waals surface area contributed by atoms with E-state index in [4.69, 9.17) is 0 Å². The number of thiazole rings is 1. The van der Waals surface area contributed by atoms with Crippen molar-refractivity contribution >= 4 is 53.0 Å². The minimum Gasteiger partial charge on any atom is -0.356 e. The van der Waals surface area contributed by atoms with Gasteiger partial charge in [0.05, 0.1) is 10.7 Å². The molecule has 7 heteroatoms. The number of nitrogens with zero attached hydrogens (tertiary/aromatic N) is 2. The molecule has 4 nitrogen and oxygen atoms in total. The Bertz CT molecular complexity index is 602. The third kappa shape index (κ3) is 8.34. The molecule has 132 valence electrons. The van der Waals surface area contributed by atoms with Crippen molar-refractivity contribution in [3.05, 3.63) is 46.4 Å². The fourth-order valence-electron chi connectivity index (χ4n) is 2.04. The SMILES string of the molecule is CN=C(NCCCSc1ccccc1)NCCc1csc(C)n1.I. The largest absolute Gasteiger partial charge is 0.356 e. The van der Waals surface area contributed by atoms with Crippen molar-refractivity contribution in [3.8, 4) is 0 Å². The van der Waals surface area contributed by atoms with E-state index >= 15 is 0 Å². The molecule has 24 heavy (non-hydrogen) atoms. The van der Waals surface area contributed by atoms with Gasteiger partial charge in [-0.25, -0.2) is 4.98 Å². The molecule has 0 spiro atoms. The molecule has 2 rings (SSSR count). The predicted molar refractivity (Wildman–Crippen MR) is 117 cm³/mol. The Kier molecular flexibility index (Phi) is 11.1. The van der Waals surface area contributed by atoms with E-state index in [-0.39, 0.29) is 24.0 Å². The van der Waals surface area contributed by atoms with E-state index in [1.807, 2.05) is 24.8 Å². The summed E-state index contributed by atoms with van der Waals surface area (Å²) in [5, 5.41) is 9.93. The van der Waals surface area contributed by atoms with Crippen molar-refractivity contribution in [2.45, 2.75) is 24.7 Å². The van der Waals surface area contributed by atoms with Gasteiger partial charge in [-0.2, -0.15) is 0 Å². The fraction of sp³-hybridized carbons (Fsp3) is 0.412. The average Bonchev–Trinajstić information content (AvgIpc) is 2.99. The van der Waals surface area contributed by atoms with Crippen LogP contribution in [0.2, 0.25) is 0 Å². The Morgan fingerprint density at radius 1 is 1.21 bits per heavy atom. The zero-order chi connectivity index (χ0) is 16.3. The van der Waals surface area contributed by atoms with Gasteiger partial charge in [0.2, 0.25) is 0 Å². The van der Waals surface area contributed by atoms with E-state index in [1.54, 1.807) is 18.4 Å². The number of guanidine groups is 1. The van der Waals surface area contributed by atoms with Crippen LogP contribution in [0.1, 0.15) is 17.1 Å². The summed E-state index contributed by atoms with van der Waals surface area (Å²) in [4.78, 5) is 10.0. The normalized spacial score (nSPS) is 11.0. The van der Waals surface area contributed by atoms with Crippen LogP contribution >= 0.6 is 47.1 Å². The van der Waals surface area contributed by atoms with Gasteiger partial charge in [0.25, 0.3) is 0 Å². The molecule has 0 saturated heterocycles. The molecule has 1 aromatic heterocycles. The van der Waals surface area contributed by atoms with Crippen molar-refractivity contribution in [2.75, 3.05) is 25.9 Å². The standard InChI is InChI=1S/C17H24N4S2.HI/c1-14-21-15(13-23-14)9-11-20-17(18-2)19-10-6-12-22-16-7-4-3-5-8-16;/h3-5,7-8,13H,6,9-12H2,1-2H3,(H2,18,19,20);1H. The van der Waals surface area contributed by atoms with Crippen LogP contribution in [0.3, 0.4) is 0 Å². The number of aryl methyl sites for hydroxylation is 1. The molecule has 0 fully saturated rings. The van der Waals surface area contributed by atoms with E-state index in [0.29, 0.717) is 0 Å². The first kappa shape index (κ1) is 21.2. The maximum absolute atomic E-state index is 4.46. The maximum Gasteiger partial charge on any atom is 0.190 e. The number of nitrogens with one attached hydrogen (secondary N) is 2. The molecular formula is C17H25IN4S2. The van der Waals surface area contributed by atoms with E-state index in [1.165, 1.54) is 4.90 Å². The van der Waals surface area contributed by atoms with Gasteiger partial charge < -0.3 is 10.6 Å². The van der Waals surface area contributed by atoms with Crippen LogP contribution < -0.4 is 10.6 Å². The number of rotatable bonds is 8. The molecule has 2 N–H and O–H groups in total. The topological polar surface area (TPSA) is 49.3 Å². The van der Waals surface area contributed by atoms with Gasteiger partial charge in [-0.1, -0.05) is 18.2 Å². The Morgan fingerprint density at radius 2 is 1.96 bits per heavy atom. The Hall–Kier alpha value is -0.800. The van der Waals surface area contributed by atoms with E-state index < -0.39 is 0 Å². The van der Waals surface area contributed by atoms with Gasteiger partial charge >= 0.3 is 0 Å². The first-order valence-electron chi connectivity index (χ1n) is 7.81. The highest BCUT2D eigenvalue weighted by Crippen LogP contribution is 2.17. The van der Waals surface area contributed by atoms with Crippen molar-refractivity contribution < 1.29 is 0 Å².